The third-order valence-corrected chi connectivity index (χ3v) is 1.66. The first-order valence-corrected chi connectivity index (χ1v) is 3.38. The standard InChI is InChI=1S/C8H7N2O/c1-6-2-3-7-8(4-6)10(11)5-9-7/h3-5,10H,1H3. The van der Waals surface area contributed by atoms with Crippen molar-refractivity contribution in [1.82, 2.24) is 0 Å². The first-order valence-electron chi connectivity index (χ1n) is 3.38. The van der Waals surface area contributed by atoms with Crippen LogP contribution in [0.2, 0.25) is 0 Å². The van der Waals surface area contributed by atoms with Gasteiger partial charge in [0, 0.05) is 6.07 Å². The topological polar surface area (TPSA) is 39.9 Å². The highest BCUT2D eigenvalue weighted by atomic mass is 16.5. The van der Waals surface area contributed by atoms with E-state index in [1.165, 1.54) is 6.34 Å². The van der Waals surface area contributed by atoms with Crippen molar-refractivity contribution < 1.29 is 5.06 Å². The summed E-state index contributed by atoms with van der Waals surface area (Å²) in [5.41, 5.74) is 2.41. The van der Waals surface area contributed by atoms with Crippen molar-refractivity contribution >= 4 is 17.7 Å². The lowest BCUT2D eigenvalue weighted by Crippen LogP contribution is -2.99. The Morgan fingerprint density at radius 2 is 2.45 bits per heavy atom. The molecule has 0 bridgehead atoms. The average Bonchev–Trinajstić information content (AvgIpc) is 2.33. The highest BCUT2D eigenvalue weighted by Crippen LogP contribution is 2.23. The van der Waals surface area contributed by atoms with Crippen LogP contribution < -0.4 is 5.06 Å². The van der Waals surface area contributed by atoms with Crippen LogP contribution in [0.15, 0.2) is 17.1 Å². The van der Waals surface area contributed by atoms with Crippen molar-refractivity contribution in [3.8, 4) is 0 Å². The number of benzene rings is 1. The Kier molecular flexibility index (Phi) is 1.27. The van der Waals surface area contributed by atoms with Gasteiger partial charge in [-0.3, -0.25) is 5.06 Å². The molecule has 1 N–H and O–H groups in total. The molecule has 1 aliphatic rings. The summed E-state index contributed by atoms with van der Waals surface area (Å²) >= 11 is 0. The third-order valence-electron chi connectivity index (χ3n) is 1.66. The van der Waals surface area contributed by atoms with Crippen LogP contribution in [-0.4, -0.2) is 6.34 Å². The fourth-order valence-corrected chi connectivity index (χ4v) is 1.09. The van der Waals surface area contributed by atoms with Crippen LogP contribution in [0.1, 0.15) is 5.56 Å². The van der Waals surface area contributed by atoms with E-state index >= 15 is 0 Å². The molecule has 0 saturated heterocycles. The molecule has 0 aliphatic carbocycles. The first-order chi connectivity index (χ1) is 5.27. The smallest absolute Gasteiger partial charge is 0.194 e. The molecular formula is C8H7N2O. The zero-order valence-corrected chi connectivity index (χ0v) is 6.09. The second-order valence-corrected chi connectivity index (χ2v) is 2.54. The van der Waals surface area contributed by atoms with Crippen molar-refractivity contribution in [3.63, 3.8) is 0 Å². The summed E-state index contributed by atoms with van der Waals surface area (Å²) in [7, 11) is 0. The van der Waals surface area contributed by atoms with Gasteiger partial charge in [-0.05, 0) is 24.6 Å². The molecule has 1 atom stereocenters. The maximum Gasteiger partial charge on any atom is 0.194 e. The number of rotatable bonds is 0. The zero-order valence-electron chi connectivity index (χ0n) is 6.09. The van der Waals surface area contributed by atoms with Crippen LogP contribution in [0.4, 0.5) is 11.4 Å². The number of hydrogen-bond acceptors (Lipinski definition) is 2. The fraction of sp³-hybridized carbons (Fsp3) is 0.125. The minimum Gasteiger partial charge on any atom is -0.623 e. The Morgan fingerprint density at radius 3 is 3.27 bits per heavy atom. The number of quaternary nitrogens is 1. The molecule has 1 radical (unpaired) electrons. The minimum absolute atomic E-state index is 0.00269. The lowest BCUT2D eigenvalue weighted by atomic mass is 10.2. The van der Waals surface area contributed by atoms with E-state index < -0.39 is 0 Å². The molecule has 1 aliphatic heterocycles. The normalized spacial score (nSPS) is 20.4. The van der Waals surface area contributed by atoms with Crippen LogP contribution in [-0.2, 0) is 0 Å². The summed E-state index contributed by atoms with van der Waals surface area (Å²) in [5, 5.41) is 11.1. The quantitative estimate of drug-likeness (QED) is 0.533. The Bertz CT molecular complexity index is 320. The van der Waals surface area contributed by atoms with Crippen molar-refractivity contribution in [1.29, 1.82) is 0 Å². The molecule has 0 aromatic heterocycles. The van der Waals surface area contributed by atoms with E-state index in [-0.39, 0.29) is 5.06 Å². The van der Waals surface area contributed by atoms with Gasteiger partial charge in [-0.15, -0.1) is 0 Å². The zero-order chi connectivity index (χ0) is 7.84. The van der Waals surface area contributed by atoms with E-state index in [9.17, 15) is 5.21 Å². The lowest BCUT2D eigenvalue weighted by molar-refractivity contribution is -0.655. The van der Waals surface area contributed by atoms with Gasteiger partial charge in [0.05, 0.1) is 0 Å². The van der Waals surface area contributed by atoms with Crippen molar-refractivity contribution in [3.05, 3.63) is 29.0 Å². The Morgan fingerprint density at radius 1 is 1.64 bits per heavy atom. The highest BCUT2D eigenvalue weighted by Gasteiger charge is 2.13. The number of nitrogens with one attached hydrogen (secondary N) is 1. The molecule has 0 saturated carbocycles. The van der Waals surface area contributed by atoms with E-state index in [0.717, 1.165) is 11.3 Å². The number of aliphatic imine (C=N–C) groups is 1. The van der Waals surface area contributed by atoms with E-state index in [1.54, 1.807) is 6.07 Å². The molecule has 0 spiro atoms. The molecule has 0 amide bonds. The van der Waals surface area contributed by atoms with Gasteiger partial charge in [0.15, 0.2) is 12.0 Å². The molecule has 1 unspecified atom stereocenters. The van der Waals surface area contributed by atoms with Crippen LogP contribution in [0.25, 0.3) is 0 Å². The third kappa shape index (κ3) is 0.943. The first kappa shape index (κ1) is 6.52. The lowest BCUT2D eigenvalue weighted by Gasteiger charge is -2.10. The molecule has 55 valence electrons. The number of fused-ring (bicyclic) bond motifs is 1. The molecular weight excluding hydrogens is 140 g/mol. The van der Waals surface area contributed by atoms with Crippen LogP contribution in [0, 0.1) is 18.2 Å². The van der Waals surface area contributed by atoms with Gasteiger partial charge < -0.3 is 5.21 Å². The summed E-state index contributed by atoms with van der Waals surface area (Å²) in [5.74, 6) is 0. The maximum atomic E-state index is 11.1. The van der Waals surface area contributed by atoms with Gasteiger partial charge >= 0.3 is 0 Å². The Balaban J connectivity index is 2.58. The van der Waals surface area contributed by atoms with E-state index in [0.29, 0.717) is 5.69 Å². The predicted octanol–water partition coefficient (Wildman–Crippen LogP) is 0.483. The Labute approximate surface area is 64.6 Å². The van der Waals surface area contributed by atoms with Gasteiger partial charge in [0.2, 0.25) is 0 Å². The number of nitrogens with zero attached hydrogens (tertiary/aromatic N) is 1. The number of hydroxylamine groups is 1. The second kappa shape index (κ2) is 2.15. The molecule has 3 nitrogen and oxygen atoms in total. The molecule has 1 aromatic rings. The Hall–Kier alpha value is -1.19. The molecule has 1 heterocycles. The van der Waals surface area contributed by atoms with E-state index in [1.807, 2.05) is 13.0 Å². The largest absolute Gasteiger partial charge is 0.623 e. The molecule has 3 heteroatoms. The SMILES string of the molecule is Cc1[c]cc2c(c1)[NH+]([O-])C=N2. The van der Waals surface area contributed by atoms with Crippen molar-refractivity contribution in [2.45, 2.75) is 6.92 Å². The number of aryl methyl sites for hydroxylation is 1. The van der Waals surface area contributed by atoms with Crippen molar-refractivity contribution in [2.24, 2.45) is 4.99 Å². The summed E-state index contributed by atoms with van der Waals surface area (Å²) in [6.45, 7) is 1.91. The molecule has 2 rings (SSSR count). The van der Waals surface area contributed by atoms with Gasteiger partial charge in [-0.1, -0.05) is 0 Å². The van der Waals surface area contributed by atoms with Gasteiger partial charge in [-0.25, -0.2) is 0 Å². The highest BCUT2D eigenvalue weighted by molar-refractivity contribution is 5.72. The molecule has 1 aromatic carbocycles. The van der Waals surface area contributed by atoms with Crippen LogP contribution in [0.5, 0.6) is 0 Å². The summed E-state index contributed by atoms with van der Waals surface area (Å²) in [4.78, 5) is 3.92. The van der Waals surface area contributed by atoms with Gasteiger partial charge in [0.1, 0.15) is 5.69 Å². The second-order valence-electron chi connectivity index (χ2n) is 2.54. The van der Waals surface area contributed by atoms with Crippen molar-refractivity contribution in [2.75, 3.05) is 0 Å². The maximum absolute atomic E-state index is 11.1. The van der Waals surface area contributed by atoms with E-state index in [4.69, 9.17) is 0 Å². The predicted molar refractivity (Wildman–Crippen MR) is 42.2 cm³/mol. The number of hydrogen-bond donors (Lipinski definition) is 1. The monoisotopic (exact) mass is 147 g/mol. The van der Waals surface area contributed by atoms with Gasteiger partial charge in [0.25, 0.3) is 0 Å². The summed E-state index contributed by atoms with van der Waals surface area (Å²) < 4.78 is 0. The summed E-state index contributed by atoms with van der Waals surface area (Å²) in [6.07, 6.45) is 1.35. The minimum atomic E-state index is -0.00269. The molecule has 11 heavy (non-hydrogen) atoms. The average molecular weight is 147 g/mol. The molecule has 0 fully saturated rings. The summed E-state index contributed by atoms with van der Waals surface area (Å²) in [6, 6.07) is 6.54. The van der Waals surface area contributed by atoms with Crippen LogP contribution in [0.3, 0.4) is 0 Å². The van der Waals surface area contributed by atoms with Gasteiger partial charge in [-0.2, -0.15) is 4.99 Å². The van der Waals surface area contributed by atoms with Crippen LogP contribution >= 0.6 is 0 Å². The fourth-order valence-electron chi connectivity index (χ4n) is 1.09. The van der Waals surface area contributed by atoms with E-state index in [2.05, 4.69) is 11.1 Å².